The van der Waals surface area contributed by atoms with Gasteiger partial charge in [0.05, 0.1) is 37.1 Å². The van der Waals surface area contributed by atoms with E-state index >= 15 is 0 Å². The molecular formula is C32H47N5O6. The van der Waals surface area contributed by atoms with E-state index in [1.807, 2.05) is 12.1 Å². The fraction of sp³-hybridized carbons (Fsp3) is 0.469. The van der Waals surface area contributed by atoms with E-state index in [1.165, 1.54) is 0 Å². The molecule has 236 valence electrons. The van der Waals surface area contributed by atoms with Crippen molar-refractivity contribution in [3.63, 3.8) is 0 Å². The SMILES string of the molecule is COc1ccc(CC(NC(=O)C(C)NC(=O)c2ccc3nc[nH]c3c2)C(=O)NC(CC2CCCC2)C(=O)C2(C)CO2)cc1.[HH].[HH].[HH].[HH]. The number of hydrogen-bond donors (Lipinski definition) is 4. The number of amides is 3. The van der Waals surface area contributed by atoms with Gasteiger partial charge in [-0.25, -0.2) is 4.98 Å². The molecule has 0 spiro atoms. The van der Waals surface area contributed by atoms with Crippen LogP contribution in [0.1, 0.15) is 67.6 Å². The van der Waals surface area contributed by atoms with Crippen molar-refractivity contribution in [1.29, 1.82) is 0 Å². The van der Waals surface area contributed by atoms with Gasteiger partial charge in [0.25, 0.3) is 5.91 Å². The highest BCUT2D eigenvalue weighted by molar-refractivity contribution is 6.01. The van der Waals surface area contributed by atoms with Crippen molar-refractivity contribution in [2.75, 3.05) is 13.7 Å². The second-order valence-electron chi connectivity index (χ2n) is 11.8. The van der Waals surface area contributed by atoms with E-state index in [-0.39, 0.29) is 17.9 Å². The van der Waals surface area contributed by atoms with Crippen LogP contribution in [0.2, 0.25) is 0 Å². The molecule has 2 heterocycles. The van der Waals surface area contributed by atoms with Crippen LogP contribution in [0, 0.1) is 5.92 Å². The maximum Gasteiger partial charge on any atom is 0.251 e. The van der Waals surface area contributed by atoms with Gasteiger partial charge < -0.3 is 30.4 Å². The second kappa shape index (κ2) is 12.9. The topological polar surface area (TPSA) is 155 Å². The number of aromatic nitrogens is 2. The predicted molar refractivity (Wildman–Crippen MR) is 168 cm³/mol. The Kier molecular flexibility index (Phi) is 9.10. The van der Waals surface area contributed by atoms with Crippen molar-refractivity contribution < 1.29 is 34.4 Å². The fourth-order valence-electron chi connectivity index (χ4n) is 5.63. The molecule has 1 saturated carbocycles. The monoisotopic (exact) mass is 597 g/mol. The first-order valence-electron chi connectivity index (χ1n) is 14.8. The number of Topliss-reactive ketones (excluding diaryl/α,β-unsaturated/α-hetero) is 1. The molecule has 3 amide bonds. The number of nitrogens with zero attached hydrogens (tertiary/aromatic N) is 1. The predicted octanol–water partition coefficient (Wildman–Crippen LogP) is 3.82. The first-order chi connectivity index (χ1) is 20.6. The zero-order chi connectivity index (χ0) is 30.6. The second-order valence-corrected chi connectivity index (χ2v) is 11.8. The molecular weight excluding hydrogens is 550 g/mol. The lowest BCUT2D eigenvalue weighted by Gasteiger charge is -2.26. The number of ether oxygens (including phenoxy) is 2. The fourth-order valence-corrected chi connectivity index (χ4v) is 5.63. The number of fused-ring (bicyclic) bond motifs is 1. The number of rotatable bonds is 13. The molecule has 1 aliphatic heterocycles. The number of carbonyl (C=O) groups excluding carboxylic acids is 4. The molecule has 2 aliphatic rings. The Morgan fingerprint density at radius 2 is 1.74 bits per heavy atom. The molecule has 1 aromatic heterocycles. The Balaban J connectivity index is 0.00000276. The minimum absolute atomic E-state index is 0. The summed E-state index contributed by atoms with van der Waals surface area (Å²) in [6, 6.07) is 9.57. The molecule has 4 atom stereocenters. The number of benzene rings is 2. The van der Waals surface area contributed by atoms with E-state index in [0.717, 1.165) is 36.8 Å². The van der Waals surface area contributed by atoms with Crippen molar-refractivity contribution in [3.8, 4) is 5.75 Å². The van der Waals surface area contributed by atoms with E-state index in [9.17, 15) is 19.2 Å². The van der Waals surface area contributed by atoms with Crippen molar-refractivity contribution in [2.24, 2.45) is 5.92 Å². The van der Waals surface area contributed by atoms with E-state index in [4.69, 9.17) is 9.47 Å². The van der Waals surface area contributed by atoms with Crippen LogP contribution in [-0.2, 0) is 25.5 Å². The minimum Gasteiger partial charge on any atom is -0.497 e. The van der Waals surface area contributed by atoms with Gasteiger partial charge in [-0.1, -0.05) is 37.8 Å². The van der Waals surface area contributed by atoms with Gasteiger partial charge in [0.2, 0.25) is 11.8 Å². The maximum absolute atomic E-state index is 13.8. The molecule has 0 radical (unpaired) electrons. The van der Waals surface area contributed by atoms with Crippen molar-refractivity contribution >= 4 is 34.5 Å². The Morgan fingerprint density at radius 1 is 1.05 bits per heavy atom. The van der Waals surface area contributed by atoms with Crippen LogP contribution in [0.4, 0.5) is 0 Å². The molecule has 43 heavy (non-hydrogen) atoms. The summed E-state index contributed by atoms with van der Waals surface area (Å²) >= 11 is 0. The first-order valence-corrected chi connectivity index (χ1v) is 14.8. The van der Waals surface area contributed by atoms with E-state index in [0.29, 0.717) is 35.8 Å². The third kappa shape index (κ3) is 7.40. The van der Waals surface area contributed by atoms with Crippen molar-refractivity contribution in [1.82, 2.24) is 25.9 Å². The van der Waals surface area contributed by atoms with E-state index in [2.05, 4.69) is 25.9 Å². The van der Waals surface area contributed by atoms with Crippen LogP contribution >= 0.6 is 0 Å². The quantitative estimate of drug-likeness (QED) is 0.218. The van der Waals surface area contributed by atoms with Gasteiger partial charge >= 0.3 is 0 Å². The summed E-state index contributed by atoms with van der Waals surface area (Å²) < 4.78 is 10.7. The van der Waals surface area contributed by atoms with Gasteiger partial charge in [0.1, 0.15) is 23.4 Å². The number of aromatic amines is 1. The normalized spacial score (nSPS) is 20.2. The zero-order valence-corrected chi connectivity index (χ0v) is 24.8. The highest BCUT2D eigenvalue weighted by atomic mass is 16.6. The lowest BCUT2D eigenvalue weighted by atomic mass is 9.90. The summed E-state index contributed by atoms with van der Waals surface area (Å²) in [5.74, 6) is -0.554. The van der Waals surface area contributed by atoms with Crippen LogP contribution in [0.3, 0.4) is 0 Å². The average molecular weight is 598 g/mol. The lowest BCUT2D eigenvalue weighted by molar-refractivity contribution is -0.133. The molecule has 4 N–H and O–H groups in total. The summed E-state index contributed by atoms with van der Waals surface area (Å²) in [6.45, 7) is 3.63. The number of methoxy groups -OCH3 is 1. The minimum atomic E-state index is -0.992. The van der Waals surface area contributed by atoms with Gasteiger partial charge in [0, 0.05) is 17.7 Å². The van der Waals surface area contributed by atoms with Gasteiger partial charge in [-0.3, -0.25) is 19.2 Å². The standard InChI is InChI=1S/C32H39N5O6.4H2/c1-19(35-30(40)22-10-13-24-25(16-22)34-18-33-24)29(39)37-27(15-21-8-11-23(42-3)12-9-21)31(41)36-26(14-20-6-4-5-7-20)28(38)32(2)17-43-32;;;;/h8-13,16,18-20,26-27H,4-7,14-15,17H2,1-3H3,(H,33,34)(H,35,40)(H,36,41)(H,37,39);4*1H. The first kappa shape index (κ1) is 30.2. The van der Waals surface area contributed by atoms with Crippen molar-refractivity contribution in [3.05, 3.63) is 59.9 Å². The molecule has 2 fully saturated rings. The number of H-pyrrole nitrogens is 1. The molecule has 2 aromatic carbocycles. The van der Waals surface area contributed by atoms with Crippen LogP contribution in [0.15, 0.2) is 48.8 Å². The highest BCUT2D eigenvalue weighted by Crippen LogP contribution is 2.33. The number of hydrogen-bond acceptors (Lipinski definition) is 7. The Morgan fingerprint density at radius 3 is 2.42 bits per heavy atom. The zero-order valence-electron chi connectivity index (χ0n) is 24.8. The lowest BCUT2D eigenvalue weighted by Crippen LogP contribution is -2.57. The van der Waals surface area contributed by atoms with Crippen LogP contribution in [0.5, 0.6) is 5.75 Å². The molecule has 4 unspecified atom stereocenters. The summed E-state index contributed by atoms with van der Waals surface area (Å²) in [6.07, 6.45) is 6.53. The smallest absolute Gasteiger partial charge is 0.251 e. The van der Waals surface area contributed by atoms with Crippen LogP contribution in [0.25, 0.3) is 11.0 Å². The molecule has 3 aromatic rings. The average Bonchev–Trinajstić information content (AvgIpc) is 3.36. The molecule has 0 bridgehead atoms. The largest absolute Gasteiger partial charge is 0.497 e. The highest BCUT2D eigenvalue weighted by Gasteiger charge is 2.50. The molecule has 11 heteroatoms. The van der Waals surface area contributed by atoms with Gasteiger partial charge in [-0.15, -0.1) is 0 Å². The van der Waals surface area contributed by atoms with Crippen LogP contribution < -0.4 is 20.7 Å². The Bertz CT molecular complexity index is 1490. The van der Waals surface area contributed by atoms with Gasteiger partial charge in [-0.05, 0) is 62.1 Å². The third-order valence-electron chi connectivity index (χ3n) is 8.43. The number of nitrogens with one attached hydrogen (secondary N) is 4. The number of carbonyl (C=O) groups is 4. The number of imidazole rings is 1. The van der Waals surface area contributed by atoms with Crippen LogP contribution in [-0.4, -0.2) is 70.9 Å². The third-order valence-corrected chi connectivity index (χ3v) is 8.43. The van der Waals surface area contributed by atoms with E-state index in [1.54, 1.807) is 57.6 Å². The van der Waals surface area contributed by atoms with Crippen molar-refractivity contribution in [2.45, 2.75) is 76.1 Å². The summed E-state index contributed by atoms with van der Waals surface area (Å²) in [5.41, 5.74) is 1.70. The molecule has 11 nitrogen and oxygen atoms in total. The number of ketones is 1. The van der Waals surface area contributed by atoms with Gasteiger partial charge in [-0.2, -0.15) is 0 Å². The summed E-state index contributed by atoms with van der Waals surface area (Å²) in [5, 5.41) is 8.47. The molecule has 1 aliphatic carbocycles. The molecule has 5 rings (SSSR count). The number of epoxide rings is 1. The maximum atomic E-state index is 13.8. The van der Waals surface area contributed by atoms with Gasteiger partial charge in [0.15, 0.2) is 5.78 Å². The molecule has 1 saturated heterocycles. The van der Waals surface area contributed by atoms with E-state index < -0.39 is 41.4 Å². The summed E-state index contributed by atoms with van der Waals surface area (Å²) in [4.78, 5) is 60.5. The Labute approximate surface area is 256 Å². The Hall–Kier alpha value is -4.25. The summed E-state index contributed by atoms with van der Waals surface area (Å²) in [7, 11) is 1.57.